The summed E-state index contributed by atoms with van der Waals surface area (Å²) in [5, 5.41) is 9.20. The smallest absolute Gasteiger partial charge is 0.119 e. The standard InChI is InChI=1S/C12H18O2/c1-12(2,3)11-7-10(14-4)6-5-9(11)8-13/h5-7,13H,8H2,1-4H3. The third kappa shape index (κ3) is 2.26. The van der Waals surface area contributed by atoms with Gasteiger partial charge in [-0.15, -0.1) is 0 Å². The minimum absolute atomic E-state index is 0.0343. The van der Waals surface area contributed by atoms with Crippen LogP contribution in [-0.4, -0.2) is 12.2 Å². The lowest BCUT2D eigenvalue weighted by Gasteiger charge is -2.22. The van der Waals surface area contributed by atoms with Crippen molar-refractivity contribution in [3.63, 3.8) is 0 Å². The van der Waals surface area contributed by atoms with Crippen molar-refractivity contribution < 1.29 is 9.84 Å². The molecule has 0 amide bonds. The number of aliphatic hydroxyl groups is 1. The topological polar surface area (TPSA) is 29.5 Å². The van der Waals surface area contributed by atoms with Gasteiger partial charge < -0.3 is 9.84 Å². The van der Waals surface area contributed by atoms with Crippen molar-refractivity contribution in [2.75, 3.05) is 7.11 Å². The van der Waals surface area contributed by atoms with Crippen LogP contribution in [0.5, 0.6) is 5.75 Å². The van der Waals surface area contributed by atoms with Crippen molar-refractivity contribution >= 4 is 0 Å². The predicted octanol–water partition coefficient (Wildman–Crippen LogP) is 2.49. The van der Waals surface area contributed by atoms with Crippen molar-refractivity contribution in [3.8, 4) is 5.75 Å². The zero-order valence-corrected chi connectivity index (χ0v) is 9.29. The minimum atomic E-state index is 0.0343. The molecule has 78 valence electrons. The van der Waals surface area contributed by atoms with E-state index in [-0.39, 0.29) is 12.0 Å². The molecular weight excluding hydrogens is 176 g/mol. The number of hydrogen-bond donors (Lipinski definition) is 1. The summed E-state index contributed by atoms with van der Waals surface area (Å²) in [6.45, 7) is 6.46. The molecule has 0 bridgehead atoms. The van der Waals surface area contributed by atoms with Gasteiger partial charge in [-0.25, -0.2) is 0 Å². The fourth-order valence-corrected chi connectivity index (χ4v) is 1.52. The molecule has 2 heteroatoms. The van der Waals surface area contributed by atoms with Crippen LogP contribution in [0, 0.1) is 0 Å². The Balaban J connectivity index is 3.22. The molecule has 14 heavy (non-hydrogen) atoms. The number of benzene rings is 1. The van der Waals surface area contributed by atoms with Crippen LogP contribution in [0.3, 0.4) is 0 Å². The Bertz CT molecular complexity index is 311. The lowest BCUT2D eigenvalue weighted by atomic mass is 9.84. The number of hydrogen-bond acceptors (Lipinski definition) is 2. The van der Waals surface area contributed by atoms with Crippen molar-refractivity contribution in [2.45, 2.75) is 32.8 Å². The van der Waals surface area contributed by atoms with Crippen molar-refractivity contribution in [2.24, 2.45) is 0 Å². The van der Waals surface area contributed by atoms with Crippen LogP contribution in [0.15, 0.2) is 18.2 Å². The molecule has 0 fully saturated rings. The molecule has 0 aliphatic heterocycles. The van der Waals surface area contributed by atoms with E-state index in [1.165, 1.54) is 0 Å². The van der Waals surface area contributed by atoms with Crippen molar-refractivity contribution in [1.29, 1.82) is 0 Å². The molecule has 1 aromatic rings. The van der Waals surface area contributed by atoms with E-state index in [1.807, 2.05) is 18.2 Å². The van der Waals surface area contributed by atoms with Crippen LogP contribution < -0.4 is 4.74 Å². The fourth-order valence-electron chi connectivity index (χ4n) is 1.52. The summed E-state index contributed by atoms with van der Waals surface area (Å²) in [4.78, 5) is 0. The Hall–Kier alpha value is -1.02. The van der Waals surface area contributed by atoms with Gasteiger partial charge in [-0.3, -0.25) is 0 Å². The van der Waals surface area contributed by atoms with E-state index in [0.29, 0.717) is 0 Å². The second kappa shape index (κ2) is 4.01. The van der Waals surface area contributed by atoms with Crippen LogP contribution in [0.1, 0.15) is 31.9 Å². The van der Waals surface area contributed by atoms with Gasteiger partial charge in [0.25, 0.3) is 0 Å². The molecule has 0 atom stereocenters. The third-order valence-corrected chi connectivity index (χ3v) is 2.30. The Morgan fingerprint density at radius 1 is 1.29 bits per heavy atom. The van der Waals surface area contributed by atoms with Gasteiger partial charge in [0, 0.05) is 0 Å². The second-order valence-electron chi connectivity index (χ2n) is 4.43. The highest BCUT2D eigenvalue weighted by molar-refractivity contribution is 5.39. The summed E-state index contributed by atoms with van der Waals surface area (Å²) in [6, 6.07) is 5.78. The molecule has 0 aliphatic carbocycles. The van der Waals surface area contributed by atoms with Gasteiger partial charge in [0.2, 0.25) is 0 Å². The molecule has 1 N–H and O–H groups in total. The van der Waals surface area contributed by atoms with E-state index in [4.69, 9.17) is 4.74 Å². The SMILES string of the molecule is COc1ccc(CO)c(C(C)(C)C)c1. The minimum Gasteiger partial charge on any atom is -0.497 e. The monoisotopic (exact) mass is 194 g/mol. The summed E-state index contributed by atoms with van der Waals surface area (Å²) in [7, 11) is 1.65. The Labute approximate surface area is 85.5 Å². The van der Waals surface area contributed by atoms with Gasteiger partial charge in [0.1, 0.15) is 5.75 Å². The molecule has 0 saturated carbocycles. The molecule has 0 radical (unpaired) electrons. The van der Waals surface area contributed by atoms with Crippen molar-refractivity contribution in [1.82, 2.24) is 0 Å². The van der Waals surface area contributed by atoms with E-state index < -0.39 is 0 Å². The first-order valence-electron chi connectivity index (χ1n) is 4.77. The maximum atomic E-state index is 9.20. The molecule has 0 aromatic heterocycles. The van der Waals surface area contributed by atoms with Gasteiger partial charge >= 0.3 is 0 Å². The largest absolute Gasteiger partial charge is 0.497 e. The van der Waals surface area contributed by atoms with E-state index >= 15 is 0 Å². The zero-order valence-electron chi connectivity index (χ0n) is 9.29. The van der Waals surface area contributed by atoms with E-state index in [0.717, 1.165) is 16.9 Å². The molecule has 0 heterocycles. The number of aliphatic hydroxyl groups excluding tert-OH is 1. The molecule has 1 rings (SSSR count). The second-order valence-corrected chi connectivity index (χ2v) is 4.43. The lowest BCUT2D eigenvalue weighted by molar-refractivity contribution is 0.278. The summed E-state index contributed by atoms with van der Waals surface area (Å²) >= 11 is 0. The fraction of sp³-hybridized carbons (Fsp3) is 0.500. The Morgan fingerprint density at radius 3 is 2.36 bits per heavy atom. The highest BCUT2D eigenvalue weighted by Gasteiger charge is 2.18. The van der Waals surface area contributed by atoms with E-state index in [9.17, 15) is 5.11 Å². The summed E-state index contributed by atoms with van der Waals surface area (Å²) in [6.07, 6.45) is 0. The third-order valence-electron chi connectivity index (χ3n) is 2.30. The van der Waals surface area contributed by atoms with E-state index in [1.54, 1.807) is 7.11 Å². The molecule has 0 unspecified atom stereocenters. The summed E-state index contributed by atoms with van der Waals surface area (Å²) < 4.78 is 5.17. The van der Waals surface area contributed by atoms with Gasteiger partial charge in [0.15, 0.2) is 0 Å². The lowest BCUT2D eigenvalue weighted by Crippen LogP contribution is -2.14. The van der Waals surface area contributed by atoms with Gasteiger partial charge in [-0.1, -0.05) is 26.8 Å². The molecule has 0 aliphatic rings. The Kier molecular flexibility index (Phi) is 3.17. The highest BCUT2D eigenvalue weighted by atomic mass is 16.5. The van der Waals surface area contributed by atoms with Gasteiger partial charge in [0.05, 0.1) is 13.7 Å². The molecule has 2 nitrogen and oxygen atoms in total. The Morgan fingerprint density at radius 2 is 1.93 bits per heavy atom. The van der Waals surface area contributed by atoms with Crippen LogP contribution in [0.25, 0.3) is 0 Å². The average molecular weight is 194 g/mol. The molecule has 0 spiro atoms. The first kappa shape index (κ1) is 11.1. The summed E-state index contributed by atoms with van der Waals surface area (Å²) in [5.41, 5.74) is 2.14. The molecule has 0 saturated heterocycles. The summed E-state index contributed by atoms with van der Waals surface area (Å²) in [5.74, 6) is 0.840. The maximum absolute atomic E-state index is 9.20. The van der Waals surface area contributed by atoms with Crippen LogP contribution in [0.2, 0.25) is 0 Å². The molecular formula is C12H18O2. The van der Waals surface area contributed by atoms with Crippen LogP contribution in [0.4, 0.5) is 0 Å². The normalized spacial score (nSPS) is 11.5. The van der Waals surface area contributed by atoms with Crippen LogP contribution in [-0.2, 0) is 12.0 Å². The predicted molar refractivity (Wildman–Crippen MR) is 57.6 cm³/mol. The zero-order chi connectivity index (χ0) is 10.8. The first-order chi connectivity index (χ1) is 6.49. The number of rotatable bonds is 2. The maximum Gasteiger partial charge on any atom is 0.119 e. The number of methoxy groups -OCH3 is 1. The highest BCUT2D eigenvalue weighted by Crippen LogP contribution is 2.29. The quantitative estimate of drug-likeness (QED) is 0.783. The van der Waals surface area contributed by atoms with Gasteiger partial charge in [-0.2, -0.15) is 0 Å². The first-order valence-corrected chi connectivity index (χ1v) is 4.77. The van der Waals surface area contributed by atoms with Gasteiger partial charge in [-0.05, 0) is 28.7 Å². The number of ether oxygens (including phenoxy) is 1. The van der Waals surface area contributed by atoms with Crippen molar-refractivity contribution in [3.05, 3.63) is 29.3 Å². The van der Waals surface area contributed by atoms with E-state index in [2.05, 4.69) is 20.8 Å². The average Bonchev–Trinajstić information content (AvgIpc) is 2.15. The van der Waals surface area contributed by atoms with Crippen LogP contribution >= 0.6 is 0 Å². The molecule has 1 aromatic carbocycles.